The Morgan fingerprint density at radius 2 is 1.88 bits per heavy atom. The number of rotatable bonds is 1. The van der Waals surface area contributed by atoms with Crippen LogP contribution in [-0.4, -0.2) is 9.97 Å². The molecule has 3 heteroatoms. The Bertz CT molecular complexity index is 737. The molecule has 3 aromatic rings. The minimum absolute atomic E-state index is 0.0603. The number of H-pyrrole nitrogens is 2. The maximum Gasteiger partial charge on any atom is 0.255 e. The van der Waals surface area contributed by atoms with Gasteiger partial charge in [-0.2, -0.15) is 0 Å². The summed E-state index contributed by atoms with van der Waals surface area (Å²) in [6, 6.07) is 9.76. The molecule has 17 heavy (non-hydrogen) atoms. The predicted molar refractivity (Wildman–Crippen MR) is 69.1 cm³/mol. The first-order chi connectivity index (χ1) is 8.27. The minimum Gasteiger partial charge on any atom is -0.360 e. The summed E-state index contributed by atoms with van der Waals surface area (Å²) in [4.78, 5) is 17.7. The third kappa shape index (κ3) is 1.47. The van der Waals surface area contributed by atoms with E-state index in [9.17, 15) is 4.79 Å². The first-order valence-corrected chi connectivity index (χ1v) is 5.52. The lowest BCUT2D eigenvalue weighted by atomic mass is 10.0. The van der Waals surface area contributed by atoms with Crippen LogP contribution in [0.3, 0.4) is 0 Å². The second-order valence-electron chi connectivity index (χ2n) is 4.11. The maximum absolute atomic E-state index is 11.8. The monoisotopic (exact) mass is 224 g/mol. The van der Waals surface area contributed by atoms with Gasteiger partial charge < -0.3 is 9.97 Å². The van der Waals surface area contributed by atoms with Crippen LogP contribution in [0.25, 0.3) is 22.0 Å². The smallest absolute Gasteiger partial charge is 0.255 e. The minimum atomic E-state index is -0.0603. The van der Waals surface area contributed by atoms with Crippen molar-refractivity contribution in [3.8, 4) is 11.1 Å². The Labute approximate surface area is 98.1 Å². The molecule has 1 aromatic carbocycles. The molecule has 0 amide bonds. The van der Waals surface area contributed by atoms with Crippen LogP contribution in [0.1, 0.15) is 5.56 Å². The van der Waals surface area contributed by atoms with Gasteiger partial charge in [0.25, 0.3) is 5.56 Å². The molecule has 0 unspecified atom stereocenters. The third-order valence-electron chi connectivity index (χ3n) is 3.03. The van der Waals surface area contributed by atoms with Crippen molar-refractivity contribution in [2.24, 2.45) is 0 Å². The summed E-state index contributed by atoms with van der Waals surface area (Å²) < 4.78 is 0. The summed E-state index contributed by atoms with van der Waals surface area (Å²) in [6.45, 7) is 2.05. The molecule has 0 fully saturated rings. The van der Waals surface area contributed by atoms with Crippen molar-refractivity contribution < 1.29 is 0 Å². The zero-order valence-electron chi connectivity index (χ0n) is 9.45. The van der Waals surface area contributed by atoms with Gasteiger partial charge in [-0.25, -0.2) is 0 Å². The lowest BCUT2D eigenvalue weighted by Crippen LogP contribution is -2.06. The van der Waals surface area contributed by atoms with Gasteiger partial charge in [-0.15, -0.1) is 0 Å². The Morgan fingerprint density at radius 3 is 2.71 bits per heavy atom. The van der Waals surface area contributed by atoms with E-state index >= 15 is 0 Å². The summed E-state index contributed by atoms with van der Waals surface area (Å²) in [5, 5.41) is 1.08. The van der Waals surface area contributed by atoms with Crippen LogP contribution in [0.5, 0.6) is 0 Å². The number of hydrogen-bond acceptors (Lipinski definition) is 1. The van der Waals surface area contributed by atoms with E-state index in [0.717, 1.165) is 16.5 Å². The molecule has 0 aliphatic carbocycles. The van der Waals surface area contributed by atoms with Gasteiger partial charge in [0.05, 0.1) is 0 Å². The van der Waals surface area contributed by atoms with Crippen molar-refractivity contribution in [3.05, 3.63) is 58.6 Å². The number of aromatic nitrogens is 2. The topological polar surface area (TPSA) is 48.6 Å². The standard InChI is InChI=1S/C14H12N2O/c1-9-4-2-5-10-12(8-16-13(9)10)11-6-3-7-15-14(11)17/h2-8,16H,1H3,(H,15,17). The molecule has 0 radical (unpaired) electrons. The maximum atomic E-state index is 11.8. The molecule has 84 valence electrons. The Hall–Kier alpha value is -2.29. The largest absolute Gasteiger partial charge is 0.360 e. The van der Waals surface area contributed by atoms with Gasteiger partial charge >= 0.3 is 0 Å². The lowest BCUT2D eigenvalue weighted by Gasteiger charge is -1.99. The number of aromatic amines is 2. The van der Waals surface area contributed by atoms with Crippen LogP contribution < -0.4 is 5.56 Å². The highest BCUT2D eigenvalue weighted by molar-refractivity contribution is 5.96. The molecule has 0 aliphatic rings. The van der Waals surface area contributed by atoms with E-state index in [0.29, 0.717) is 5.56 Å². The SMILES string of the molecule is Cc1cccc2c(-c3ccc[nH]c3=O)c[nH]c12. The van der Waals surface area contributed by atoms with Gasteiger partial charge in [0.1, 0.15) is 0 Å². The van der Waals surface area contributed by atoms with E-state index in [1.807, 2.05) is 30.5 Å². The first-order valence-electron chi connectivity index (χ1n) is 5.52. The molecule has 0 bridgehead atoms. The van der Waals surface area contributed by atoms with Crippen LogP contribution >= 0.6 is 0 Å². The van der Waals surface area contributed by atoms with Crippen molar-refractivity contribution >= 4 is 10.9 Å². The second kappa shape index (κ2) is 3.63. The third-order valence-corrected chi connectivity index (χ3v) is 3.03. The van der Waals surface area contributed by atoms with Crippen molar-refractivity contribution in [2.75, 3.05) is 0 Å². The van der Waals surface area contributed by atoms with Gasteiger partial charge in [0, 0.05) is 34.4 Å². The number of fused-ring (bicyclic) bond motifs is 1. The van der Waals surface area contributed by atoms with E-state index in [1.165, 1.54) is 5.56 Å². The average Bonchev–Trinajstić information content (AvgIpc) is 2.75. The molecule has 0 spiro atoms. The normalized spacial score (nSPS) is 10.9. The highest BCUT2D eigenvalue weighted by atomic mass is 16.1. The van der Waals surface area contributed by atoms with E-state index in [1.54, 1.807) is 6.20 Å². The van der Waals surface area contributed by atoms with Crippen LogP contribution in [0.4, 0.5) is 0 Å². The van der Waals surface area contributed by atoms with Crippen molar-refractivity contribution in [3.63, 3.8) is 0 Å². The van der Waals surface area contributed by atoms with Crippen molar-refractivity contribution in [1.82, 2.24) is 9.97 Å². The quantitative estimate of drug-likeness (QED) is 0.656. The lowest BCUT2D eigenvalue weighted by molar-refractivity contribution is 1.24. The fourth-order valence-corrected chi connectivity index (χ4v) is 2.16. The fraction of sp³-hybridized carbons (Fsp3) is 0.0714. The zero-order chi connectivity index (χ0) is 11.8. The van der Waals surface area contributed by atoms with Gasteiger partial charge in [-0.05, 0) is 24.6 Å². The van der Waals surface area contributed by atoms with Crippen LogP contribution in [0, 0.1) is 6.92 Å². The second-order valence-corrected chi connectivity index (χ2v) is 4.11. The van der Waals surface area contributed by atoms with Crippen molar-refractivity contribution in [1.29, 1.82) is 0 Å². The average molecular weight is 224 g/mol. The number of benzene rings is 1. The molecule has 3 rings (SSSR count). The summed E-state index contributed by atoms with van der Waals surface area (Å²) in [5.74, 6) is 0. The Morgan fingerprint density at radius 1 is 1.00 bits per heavy atom. The summed E-state index contributed by atoms with van der Waals surface area (Å²) in [7, 11) is 0. The molecule has 0 saturated heterocycles. The molecule has 2 heterocycles. The number of pyridine rings is 1. The molecule has 0 aliphatic heterocycles. The number of nitrogens with one attached hydrogen (secondary N) is 2. The number of hydrogen-bond donors (Lipinski definition) is 2. The summed E-state index contributed by atoms with van der Waals surface area (Å²) in [5.41, 5.74) is 3.86. The summed E-state index contributed by atoms with van der Waals surface area (Å²) in [6.07, 6.45) is 3.54. The zero-order valence-corrected chi connectivity index (χ0v) is 9.45. The van der Waals surface area contributed by atoms with Gasteiger partial charge in [-0.3, -0.25) is 4.79 Å². The molecular formula is C14H12N2O. The van der Waals surface area contributed by atoms with Crippen LogP contribution in [0.2, 0.25) is 0 Å². The number of aryl methyl sites for hydroxylation is 1. The van der Waals surface area contributed by atoms with Crippen LogP contribution in [0.15, 0.2) is 47.5 Å². The molecule has 2 N–H and O–H groups in total. The molecule has 2 aromatic heterocycles. The first kappa shape index (κ1) is 9.90. The van der Waals surface area contributed by atoms with Gasteiger partial charge in [0.15, 0.2) is 0 Å². The molecule has 0 saturated carbocycles. The summed E-state index contributed by atoms with van der Waals surface area (Å²) >= 11 is 0. The number of para-hydroxylation sites is 1. The van der Waals surface area contributed by atoms with Crippen molar-refractivity contribution in [2.45, 2.75) is 6.92 Å². The van der Waals surface area contributed by atoms with Crippen LogP contribution in [-0.2, 0) is 0 Å². The highest BCUT2D eigenvalue weighted by Crippen LogP contribution is 2.27. The molecular weight excluding hydrogens is 212 g/mol. The van der Waals surface area contributed by atoms with Gasteiger partial charge in [-0.1, -0.05) is 18.2 Å². The van der Waals surface area contributed by atoms with E-state index in [2.05, 4.69) is 23.0 Å². The van der Waals surface area contributed by atoms with E-state index in [-0.39, 0.29) is 5.56 Å². The highest BCUT2D eigenvalue weighted by Gasteiger charge is 2.09. The van der Waals surface area contributed by atoms with E-state index in [4.69, 9.17) is 0 Å². The van der Waals surface area contributed by atoms with Gasteiger partial charge in [0.2, 0.25) is 0 Å². The Kier molecular flexibility index (Phi) is 2.11. The molecule has 3 nitrogen and oxygen atoms in total. The Balaban J connectivity index is 2.37. The fourth-order valence-electron chi connectivity index (χ4n) is 2.16. The predicted octanol–water partition coefficient (Wildman–Crippen LogP) is 2.83. The molecule has 0 atom stereocenters. The van der Waals surface area contributed by atoms with E-state index < -0.39 is 0 Å².